The van der Waals surface area contributed by atoms with E-state index in [4.69, 9.17) is 23.2 Å². The maximum atomic E-state index is 14.0. The van der Waals surface area contributed by atoms with Crippen LogP contribution in [0.25, 0.3) is 6.08 Å². The first kappa shape index (κ1) is 23.0. The highest BCUT2D eigenvalue weighted by Crippen LogP contribution is 2.40. The summed E-state index contributed by atoms with van der Waals surface area (Å²) >= 11 is 13.4. The molecular weight excluding hydrogens is 502 g/mol. The fraction of sp³-hybridized carbons (Fsp3) is 0.0909. The van der Waals surface area contributed by atoms with Gasteiger partial charge in [0.2, 0.25) is 0 Å². The molecule has 3 aromatic rings. The molecule has 0 fully saturated rings. The molecular formula is C22H14Cl2F3NO2S2. The van der Waals surface area contributed by atoms with Crippen LogP contribution in [-0.2, 0) is 15.6 Å². The van der Waals surface area contributed by atoms with E-state index in [1.165, 1.54) is 30.0 Å². The van der Waals surface area contributed by atoms with E-state index in [1.807, 2.05) is 0 Å². The molecule has 0 unspecified atom stereocenters. The maximum Gasteiger partial charge on any atom is 0.182 e. The summed E-state index contributed by atoms with van der Waals surface area (Å²) in [6.07, 6.45) is 1.27. The van der Waals surface area contributed by atoms with Crippen LogP contribution in [0.3, 0.4) is 0 Å². The molecule has 0 bridgehead atoms. The van der Waals surface area contributed by atoms with E-state index in [-0.39, 0.29) is 32.8 Å². The maximum absolute atomic E-state index is 14.0. The zero-order valence-electron chi connectivity index (χ0n) is 16.1. The van der Waals surface area contributed by atoms with E-state index in [0.29, 0.717) is 33.2 Å². The summed E-state index contributed by atoms with van der Waals surface area (Å²) in [5.74, 6) is -3.42. The third-order valence-corrected chi connectivity index (χ3v) is 8.18. The molecule has 1 aliphatic rings. The van der Waals surface area contributed by atoms with Gasteiger partial charge >= 0.3 is 0 Å². The van der Waals surface area contributed by atoms with E-state index in [2.05, 4.69) is 5.32 Å². The number of fused-ring (bicyclic) bond motifs is 1. The van der Waals surface area contributed by atoms with Crippen molar-refractivity contribution in [3.63, 3.8) is 0 Å². The third kappa shape index (κ3) is 4.78. The van der Waals surface area contributed by atoms with Crippen molar-refractivity contribution in [1.82, 2.24) is 0 Å². The number of sulfone groups is 1. The Labute approximate surface area is 197 Å². The second kappa shape index (κ2) is 9.02. The Morgan fingerprint density at radius 1 is 1.00 bits per heavy atom. The van der Waals surface area contributed by atoms with Crippen LogP contribution >= 0.6 is 35.0 Å². The minimum Gasteiger partial charge on any atom is -0.380 e. The number of halogens is 5. The average Bonchev–Trinajstić information content (AvgIpc) is 2.73. The Balaban J connectivity index is 1.65. The number of hydrogen-bond acceptors (Lipinski definition) is 4. The molecule has 32 heavy (non-hydrogen) atoms. The van der Waals surface area contributed by atoms with E-state index < -0.39 is 27.3 Å². The molecule has 0 aromatic heterocycles. The fourth-order valence-corrected chi connectivity index (χ4v) is 6.40. The molecule has 0 saturated carbocycles. The van der Waals surface area contributed by atoms with Gasteiger partial charge in [-0.05, 0) is 36.4 Å². The lowest BCUT2D eigenvalue weighted by Gasteiger charge is -2.21. The predicted octanol–water partition coefficient (Wildman–Crippen LogP) is 6.94. The molecule has 1 N–H and O–H groups in total. The SMILES string of the molecule is O=S(=O)(Cc1c(Cl)cccc1Cl)c1ccc2c(c1)SC(=Cc1c(F)cc(F)cc1F)CN2. The van der Waals surface area contributed by atoms with Crippen molar-refractivity contribution in [3.8, 4) is 0 Å². The third-order valence-electron chi connectivity index (χ3n) is 4.75. The lowest BCUT2D eigenvalue weighted by atomic mass is 10.1. The monoisotopic (exact) mass is 515 g/mol. The average molecular weight is 516 g/mol. The lowest BCUT2D eigenvalue weighted by molar-refractivity contribution is 0.540. The van der Waals surface area contributed by atoms with Gasteiger partial charge in [0.15, 0.2) is 9.84 Å². The topological polar surface area (TPSA) is 46.2 Å². The first-order valence-corrected chi connectivity index (χ1v) is 12.4. The fourth-order valence-electron chi connectivity index (χ4n) is 3.16. The number of hydrogen-bond donors (Lipinski definition) is 1. The largest absolute Gasteiger partial charge is 0.380 e. The van der Waals surface area contributed by atoms with Crippen LogP contribution in [0.1, 0.15) is 11.1 Å². The highest BCUT2D eigenvalue weighted by molar-refractivity contribution is 8.03. The van der Waals surface area contributed by atoms with Crippen LogP contribution in [0, 0.1) is 17.5 Å². The van der Waals surface area contributed by atoms with Crippen molar-refractivity contribution < 1.29 is 21.6 Å². The summed E-state index contributed by atoms with van der Waals surface area (Å²) in [5.41, 5.74) is 0.625. The van der Waals surface area contributed by atoms with Crippen molar-refractivity contribution in [3.05, 3.63) is 92.1 Å². The molecule has 0 atom stereocenters. The van der Waals surface area contributed by atoms with Gasteiger partial charge in [0, 0.05) is 55.3 Å². The number of anilines is 1. The van der Waals surface area contributed by atoms with Crippen LogP contribution in [-0.4, -0.2) is 15.0 Å². The predicted molar refractivity (Wildman–Crippen MR) is 122 cm³/mol. The number of thioether (sulfide) groups is 1. The second-order valence-corrected chi connectivity index (χ2v) is 10.9. The van der Waals surface area contributed by atoms with Crippen molar-refractivity contribution >= 4 is 56.6 Å². The first-order valence-electron chi connectivity index (χ1n) is 9.20. The number of nitrogens with one attached hydrogen (secondary N) is 1. The van der Waals surface area contributed by atoms with E-state index in [9.17, 15) is 21.6 Å². The van der Waals surface area contributed by atoms with E-state index in [0.717, 1.165) is 0 Å². The van der Waals surface area contributed by atoms with Crippen LogP contribution in [0.15, 0.2) is 63.2 Å². The Hall–Kier alpha value is -2.13. The van der Waals surface area contributed by atoms with E-state index >= 15 is 0 Å². The molecule has 0 saturated heterocycles. The Kier molecular flexibility index (Phi) is 6.49. The van der Waals surface area contributed by atoms with Gasteiger partial charge in [-0.2, -0.15) is 0 Å². The van der Waals surface area contributed by atoms with Gasteiger partial charge in [0.1, 0.15) is 17.5 Å². The highest BCUT2D eigenvalue weighted by atomic mass is 35.5. The van der Waals surface area contributed by atoms with Crippen molar-refractivity contribution in [2.24, 2.45) is 0 Å². The number of benzene rings is 3. The molecule has 0 spiro atoms. The van der Waals surface area contributed by atoms with Crippen LogP contribution < -0.4 is 5.32 Å². The highest BCUT2D eigenvalue weighted by Gasteiger charge is 2.23. The lowest BCUT2D eigenvalue weighted by Crippen LogP contribution is -2.11. The van der Waals surface area contributed by atoms with Gasteiger partial charge in [-0.3, -0.25) is 0 Å². The molecule has 0 radical (unpaired) electrons. The molecule has 0 aliphatic carbocycles. The molecule has 166 valence electrons. The van der Waals surface area contributed by atoms with Crippen LogP contribution in [0.5, 0.6) is 0 Å². The summed E-state index contributed by atoms with van der Waals surface area (Å²) in [5, 5.41) is 3.59. The van der Waals surface area contributed by atoms with Gasteiger partial charge in [-0.15, -0.1) is 0 Å². The Morgan fingerprint density at radius 2 is 1.66 bits per heavy atom. The molecule has 1 heterocycles. The van der Waals surface area contributed by atoms with Gasteiger partial charge in [-0.25, -0.2) is 21.6 Å². The summed E-state index contributed by atoms with van der Waals surface area (Å²) in [4.78, 5) is 1.16. The molecule has 3 aromatic carbocycles. The zero-order valence-corrected chi connectivity index (χ0v) is 19.3. The molecule has 0 amide bonds. The standard InChI is InChI=1S/C22H14Cl2F3NO2S2/c23-17-2-1-3-18(24)16(17)11-32(29,30)14-4-5-21-22(9-14)31-13(10-28-21)8-15-19(26)6-12(25)7-20(15)27/h1-9,28H,10-11H2. The summed E-state index contributed by atoms with van der Waals surface area (Å²) in [6.45, 7) is 0.273. The molecule has 4 rings (SSSR count). The second-order valence-electron chi connectivity index (χ2n) is 6.97. The molecule has 10 heteroatoms. The van der Waals surface area contributed by atoms with E-state index in [1.54, 1.807) is 24.3 Å². The minimum absolute atomic E-state index is 0.0573. The van der Waals surface area contributed by atoms with Crippen molar-refractivity contribution in [2.45, 2.75) is 15.5 Å². The van der Waals surface area contributed by atoms with Gasteiger partial charge in [0.05, 0.1) is 10.6 Å². The normalized spacial score (nSPS) is 14.8. The van der Waals surface area contributed by atoms with Gasteiger partial charge in [-0.1, -0.05) is 41.0 Å². The summed E-state index contributed by atoms with van der Waals surface area (Å²) in [6, 6.07) is 10.6. The quantitative estimate of drug-likeness (QED) is 0.408. The Bertz CT molecular complexity index is 1320. The van der Waals surface area contributed by atoms with Crippen LogP contribution in [0.4, 0.5) is 18.9 Å². The molecule has 1 aliphatic heterocycles. The van der Waals surface area contributed by atoms with Gasteiger partial charge < -0.3 is 5.32 Å². The van der Waals surface area contributed by atoms with Crippen molar-refractivity contribution in [1.29, 1.82) is 0 Å². The van der Waals surface area contributed by atoms with Gasteiger partial charge in [0.25, 0.3) is 0 Å². The molecule has 3 nitrogen and oxygen atoms in total. The minimum atomic E-state index is -3.78. The summed E-state index contributed by atoms with van der Waals surface area (Å²) in [7, 11) is -3.78. The van der Waals surface area contributed by atoms with Crippen molar-refractivity contribution in [2.75, 3.05) is 11.9 Å². The smallest absolute Gasteiger partial charge is 0.182 e. The zero-order chi connectivity index (χ0) is 23.0. The van der Waals surface area contributed by atoms with Crippen LogP contribution in [0.2, 0.25) is 10.0 Å². The summed E-state index contributed by atoms with van der Waals surface area (Å²) < 4.78 is 67.1. The first-order chi connectivity index (χ1) is 15.1. The Morgan fingerprint density at radius 3 is 2.31 bits per heavy atom. The number of rotatable bonds is 4.